The van der Waals surface area contributed by atoms with E-state index in [9.17, 15) is 19.8 Å². The lowest BCUT2D eigenvalue weighted by atomic mass is 9.78. The number of hydrogen-bond donors (Lipinski definition) is 2. The van der Waals surface area contributed by atoms with E-state index in [1.165, 1.54) is 7.11 Å². The first-order valence-corrected chi connectivity index (χ1v) is 12.9. The first-order chi connectivity index (χ1) is 17.1. The minimum Gasteiger partial charge on any atom is -0.491 e. The summed E-state index contributed by atoms with van der Waals surface area (Å²) in [6, 6.07) is 15.5. The van der Waals surface area contributed by atoms with Crippen molar-refractivity contribution >= 4 is 23.7 Å². The van der Waals surface area contributed by atoms with E-state index in [-0.39, 0.29) is 36.7 Å². The first-order valence-electron chi connectivity index (χ1n) is 11.8. The highest BCUT2D eigenvalue weighted by atomic mass is 32.2. The van der Waals surface area contributed by atoms with Gasteiger partial charge in [-0.2, -0.15) is 0 Å². The molecule has 36 heavy (non-hydrogen) atoms. The van der Waals surface area contributed by atoms with E-state index >= 15 is 0 Å². The molecule has 0 radical (unpaired) electrons. The summed E-state index contributed by atoms with van der Waals surface area (Å²) >= 11 is 1.08. The maximum Gasteiger partial charge on any atom is 0.316 e. The van der Waals surface area contributed by atoms with E-state index < -0.39 is 24.1 Å². The van der Waals surface area contributed by atoms with Crippen molar-refractivity contribution in [2.24, 2.45) is 0 Å². The fraction of sp³-hybridized carbons (Fsp3) is 0.481. The van der Waals surface area contributed by atoms with Crippen LogP contribution in [-0.4, -0.2) is 72.8 Å². The molecule has 0 aliphatic carbocycles. The Kier molecular flexibility index (Phi) is 12.1. The Hall–Kier alpha value is -2.75. The molecule has 8 nitrogen and oxygen atoms in total. The number of rotatable bonds is 15. The van der Waals surface area contributed by atoms with E-state index in [0.29, 0.717) is 12.2 Å². The highest BCUT2D eigenvalue weighted by Crippen LogP contribution is 2.33. The van der Waals surface area contributed by atoms with Gasteiger partial charge in [0.25, 0.3) is 0 Å². The molecule has 0 saturated heterocycles. The molecule has 0 amide bonds. The van der Waals surface area contributed by atoms with Gasteiger partial charge < -0.3 is 29.2 Å². The lowest BCUT2D eigenvalue weighted by Crippen LogP contribution is -2.26. The summed E-state index contributed by atoms with van der Waals surface area (Å²) in [5.41, 5.74) is 1.94. The van der Waals surface area contributed by atoms with Crippen LogP contribution in [0.1, 0.15) is 38.3 Å². The fourth-order valence-electron chi connectivity index (χ4n) is 3.16. The molecule has 2 aromatic carbocycles. The third-order valence-electron chi connectivity index (χ3n) is 5.61. The average molecular weight is 521 g/mol. The number of thioether (sulfide) groups is 1. The Morgan fingerprint density at radius 3 is 1.75 bits per heavy atom. The molecule has 0 aliphatic rings. The number of methoxy groups -OCH3 is 1. The zero-order valence-electron chi connectivity index (χ0n) is 21.3. The van der Waals surface area contributed by atoms with E-state index in [1.807, 2.05) is 55.5 Å². The molecule has 0 aliphatic heterocycles. The van der Waals surface area contributed by atoms with Crippen LogP contribution in [0.3, 0.4) is 0 Å². The van der Waals surface area contributed by atoms with Crippen molar-refractivity contribution in [1.82, 2.24) is 0 Å². The highest BCUT2D eigenvalue weighted by Gasteiger charge is 2.23. The van der Waals surface area contributed by atoms with Crippen molar-refractivity contribution in [2.75, 3.05) is 38.4 Å². The number of carbonyl (C=O) groups excluding carboxylic acids is 2. The van der Waals surface area contributed by atoms with Gasteiger partial charge in [-0.05, 0) is 41.8 Å². The van der Waals surface area contributed by atoms with Crippen LogP contribution < -0.4 is 9.47 Å². The molecule has 0 bridgehead atoms. The van der Waals surface area contributed by atoms with Gasteiger partial charge in [-0.1, -0.05) is 45.0 Å². The molecular weight excluding hydrogens is 484 g/mol. The first kappa shape index (κ1) is 29.5. The van der Waals surface area contributed by atoms with Crippen LogP contribution >= 0.6 is 11.8 Å². The second-order valence-electron chi connectivity index (χ2n) is 8.76. The molecule has 0 spiro atoms. The van der Waals surface area contributed by atoms with Crippen molar-refractivity contribution in [3.63, 3.8) is 0 Å². The number of ether oxygens (including phenoxy) is 4. The lowest BCUT2D eigenvalue weighted by molar-refractivity contribution is -0.143. The van der Waals surface area contributed by atoms with Crippen LogP contribution in [0.2, 0.25) is 0 Å². The number of benzene rings is 2. The van der Waals surface area contributed by atoms with Gasteiger partial charge >= 0.3 is 11.9 Å². The van der Waals surface area contributed by atoms with Gasteiger partial charge in [0.05, 0.1) is 24.7 Å². The second kappa shape index (κ2) is 14.7. The second-order valence-corrected chi connectivity index (χ2v) is 9.75. The zero-order chi connectivity index (χ0) is 26.6. The summed E-state index contributed by atoms with van der Waals surface area (Å²) < 4.78 is 20.7. The molecule has 0 heterocycles. The predicted octanol–water partition coefficient (Wildman–Crippen LogP) is 3.35. The van der Waals surface area contributed by atoms with E-state index in [2.05, 4.69) is 18.6 Å². The summed E-state index contributed by atoms with van der Waals surface area (Å²) in [7, 11) is 1.28. The molecule has 2 rings (SSSR count). The Labute approximate surface area is 216 Å². The van der Waals surface area contributed by atoms with Gasteiger partial charge in [0, 0.05) is 5.41 Å². The third kappa shape index (κ3) is 9.72. The molecule has 0 fully saturated rings. The summed E-state index contributed by atoms with van der Waals surface area (Å²) in [4.78, 5) is 22.7. The average Bonchev–Trinajstić information content (AvgIpc) is 2.89. The van der Waals surface area contributed by atoms with Crippen LogP contribution in [0.25, 0.3) is 0 Å². The summed E-state index contributed by atoms with van der Waals surface area (Å²) in [6.45, 7) is 6.21. The minimum atomic E-state index is -0.977. The molecule has 2 N–H and O–H groups in total. The van der Waals surface area contributed by atoms with E-state index in [4.69, 9.17) is 14.2 Å². The Morgan fingerprint density at radius 1 is 0.806 bits per heavy atom. The summed E-state index contributed by atoms with van der Waals surface area (Å²) in [6.07, 6.45) is -0.799. The van der Waals surface area contributed by atoms with Crippen molar-refractivity contribution in [3.05, 3.63) is 59.7 Å². The minimum absolute atomic E-state index is 0.00232. The number of hydrogen-bond acceptors (Lipinski definition) is 9. The van der Waals surface area contributed by atoms with Gasteiger partial charge in [-0.25, -0.2) is 0 Å². The normalized spacial score (nSPS) is 12.9. The maximum atomic E-state index is 11.7. The number of aliphatic hydroxyl groups excluding tert-OH is 2. The van der Waals surface area contributed by atoms with Crippen LogP contribution in [0.15, 0.2) is 48.5 Å². The van der Waals surface area contributed by atoms with E-state index in [1.54, 1.807) is 0 Å². The quantitative estimate of drug-likeness (QED) is 0.342. The molecule has 2 aromatic rings. The molecule has 198 valence electrons. The van der Waals surface area contributed by atoms with Gasteiger partial charge in [0.15, 0.2) is 0 Å². The van der Waals surface area contributed by atoms with Gasteiger partial charge in [0.2, 0.25) is 0 Å². The van der Waals surface area contributed by atoms with E-state index in [0.717, 1.165) is 28.6 Å². The highest BCUT2D eigenvalue weighted by molar-refractivity contribution is 8.00. The molecule has 2 unspecified atom stereocenters. The fourth-order valence-corrected chi connectivity index (χ4v) is 3.80. The van der Waals surface area contributed by atoms with Crippen LogP contribution in [-0.2, 0) is 24.5 Å². The Morgan fingerprint density at radius 2 is 1.28 bits per heavy atom. The molecule has 0 saturated carbocycles. The topological polar surface area (TPSA) is 112 Å². The van der Waals surface area contributed by atoms with Crippen LogP contribution in [0, 0.1) is 0 Å². The van der Waals surface area contributed by atoms with Gasteiger partial charge in [-0.3, -0.25) is 9.59 Å². The molecular formula is C27H36O8S. The Bertz CT molecular complexity index is 943. The largest absolute Gasteiger partial charge is 0.491 e. The van der Waals surface area contributed by atoms with Crippen LogP contribution in [0.5, 0.6) is 11.5 Å². The SMILES string of the molecule is CCC(O)COc1ccc(C(C)(C)c2ccc(OCC(O)COC(=O)CSCC(=O)OC)cc2)cc1. The van der Waals surface area contributed by atoms with Gasteiger partial charge in [0.1, 0.15) is 37.4 Å². The summed E-state index contributed by atoms with van der Waals surface area (Å²) in [5, 5.41) is 19.7. The number of carbonyl (C=O) groups is 2. The lowest BCUT2D eigenvalue weighted by Gasteiger charge is -2.26. The smallest absolute Gasteiger partial charge is 0.316 e. The van der Waals surface area contributed by atoms with Crippen molar-refractivity contribution < 1.29 is 38.7 Å². The Balaban J connectivity index is 1.81. The monoisotopic (exact) mass is 520 g/mol. The predicted molar refractivity (Wildman–Crippen MR) is 139 cm³/mol. The van der Waals surface area contributed by atoms with Gasteiger partial charge in [-0.15, -0.1) is 11.8 Å². The zero-order valence-corrected chi connectivity index (χ0v) is 22.1. The van der Waals surface area contributed by atoms with Crippen LogP contribution in [0.4, 0.5) is 0 Å². The molecule has 2 atom stereocenters. The van der Waals surface area contributed by atoms with Crippen molar-refractivity contribution in [3.8, 4) is 11.5 Å². The van der Waals surface area contributed by atoms with Crippen molar-refractivity contribution in [2.45, 2.75) is 44.8 Å². The standard InChI is InChI=1S/C27H36O8S/c1-5-21(28)14-33-23-10-6-19(7-11-23)27(2,3)20-8-12-24(13-9-20)34-15-22(29)16-35-26(31)18-36-17-25(30)32-4/h6-13,21-22,28-29H,5,14-18H2,1-4H3. The third-order valence-corrected chi connectivity index (χ3v) is 6.49. The number of aliphatic hydroxyl groups is 2. The molecule has 9 heteroatoms. The van der Waals surface area contributed by atoms with Crippen molar-refractivity contribution in [1.29, 1.82) is 0 Å². The summed E-state index contributed by atoms with van der Waals surface area (Å²) in [5.74, 6) is 0.433. The molecule has 0 aromatic heterocycles. The maximum absolute atomic E-state index is 11.7. The number of esters is 2.